The summed E-state index contributed by atoms with van der Waals surface area (Å²) in [5, 5.41) is 23.9. The summed E-state index contributed by atoms with van der Waals surface area (Å²) in [6, 6.07) is 29.2. The second-order valence-electron chi connectivity index (χ2n) is 11.4. The molecule has 1 unspecified atom stereocenters. The lowest BCUT2D eigenvalue weighted by Gasteiger charge is -2.49. The lowest BCUT2D eigenvalue weighted by atomic mass is 9.77. The number of thioether (sulfide) groups is 1. The molecule has 5 aromatic rings. The van der Waals surface area contributed by atoms with Crippen molar-refractivity contribution < 1.29 is 24.3 Å². The van der Waals surface area contributed by atoms with Gasteiger partial charge in [0, 0.05) is 16.5 Å². The summed E-state index contributed by atoms with van der Waals surface area (Å²) in [4.78, 5) is 54.7. The zero-order valence-corrected chi connectivity index (χ0v) is 29.5. The molecule has 2 atom stereocenters. The molecule has 1 saturated heterocycles. The molecule has 3 N–H and O–H groups in total. The second kappa shape index (κ2) is 14.7. The number of hydrogen-bond donors (Lipinski definition) is 3. The van der Waals surface area contributed by atoms with Gasteiger partial charge in [0.1, 0.15) is 35.5 Å². The topological polar surface area (TPSA) is 146 Å². The minimum Gasteiger partial charge on any atom is -0.477 e. The maximum Gasteiger partial charge on any atom is 0.352 e. The number of hydrogen-bond acceptors (Lipinski definition) is 11. The standard InChI is InChI=1S/C37H30N6O5S3/c1-48-42-29(32(44)40-30-33(45)43-31(35(46)47)23(19-50-34(30)43)17-18-27-20-49-22-38-27)28-21-51-36(39-28)41-37(24-11-5-2-6-12-24,25-13-7-3-8-14-25)26-15-9-4-10-16-26/h2-18,20-22,30,34H,19H2,1H3,(H,39,41)(H,40,44)(H,46,47)/t30?,34-/m1/s1. The van der Waals surface area contributed by atoms with Gasteiger partial charge in [0.05, 0.1) is 11.2 Å². The molecule has 11 nitrogen and oxygen atoms in total. The van der Waals surface area contributed by atoms with Gasteiger partial charge in [-0.3, -0.25) is 14.5 Å². The molecule has 2 aromatic heterocycles. The van der Waals surface area contributed by atoms with Gasteiger partial charge in [-0.1, -0.05) is 102 Å². The van der Waals surface area contributed by atoms with Crippen molar-refractivity contribution in [2.24, 2.45) is 5.16 Å². The van der Waals surface area contributed by atoms with Crippen LogP contribution in [0, 0.1) is 0 Å². The number of oxime groups is 1. The predicted molar refractivity (Wildman–Crippen MR) is 199 cm³/mol. The molecular formula is C37H30N6O5S3. The van der Waals surface area contributed by atoms with Crippen LogP contribution >= 0.6 is 34.4 Å². The number of amides is 2. The van der Waals surface area contributed by atoms with Gasteiger partial charge in [-0.15, -0.1) is 34.4 Å². The van der Waals surface area contributed by atoms with Crippen LogP contribution in [0.1, 0.15) is 28.1 Å². The van der Waals surface area contributed by atoms with Crippen molar-refractivity contribution in [3.05, 3.63) is 153 Å². The molecule has 1 fully saturated rings. The van der Waals surface area contributed by atoms with Crippen molar-refractivity contribution in [1.29, 1.82) is 0 Å². The number of carboxylic acid groups (broad SMARTS) is 1. The number of carbonyl (C=O) groups is 3. The maximum absolute atomic E-state index is 13.7. The SMILES string of the molecule is CON=C(C(=O)NC1C(=O)N2C(C(=O)O)=C(C=Cc3cscn3)CS[C@H]12)c1csc(NC(c2ccccc2)(c2ccccc2)c2ccccc2)n1. The number of thiazole rings is 2. The molecule has 2 aliphatic rings. The number of fused-ring (bicyclic) bond motifs is 1. The Bertz CT molecular complexity index is 2040. The summed E-state index contributed by atoms with van der Waals surface area (Å²) in [7, 11) is 1.32. The number of carbonyl (C=O) groups excluding carboxylic acids is 2. The molecular weight excluding hydrogens is 705 g/mol. The molecule has 51 heavy (non-hydrogen) atoms. The number of β-lactam (4-membered cyclic amide) rings is 1. The molecule has 2 amide bonds. The van der Waals surface area contributed by atoms with Crippen LogP contribution in [0.5, 0.6) is 0 Å². The van der Waals surface area contributed by atoms with Gasteiger partial charge in [-0.05, 0) is 28.3 Å². The van der Waals surface area contributed by atoms with Crippen LogP contribution in [0.2, 0.25) is 0 Å². The molecule has 3 aromatic carbocycles. The fourth-order valence-electron chi connectivity index (χ4n) is 6.15. The molecule has 14 heteroatoms. The van der Waals surface area contributed by atoms with Crippen LogP contribution in [0.3, 0.4) is 0 Å². The number of nitrogens with one attached hydrogen (secondary N) is 2. The van der Waals surface area contributed by atoms with Gasteiger partial charge >= 0.3 is 5.97 Å². The zero-order chi connectivity index (χ0) is 35.4. The molecule has 0 spiro atoms. The first-order chi connectivity index (χ1) is 24.9. The van der Waals surface area contributed by atoms with E-state index in [1.54, 1.807) is 23.0 Å². The van der Waals surface area contributed by atoms with E-state index in [0.29, 0.717) is 22.2 Å². The van der Waals surface area contributed by atoms with Gasteiger partial charge in [-0.2, -0.15) is 0 Å². The van der Waals surface area contributed by atoms with E-state index in [0.717, 1.165) is 16.7 Å². The van der Waals surface area contributed by atoms with Crippen molar-refractivity contribution in [3.63, 3.8) is 0 Å². The third-order valence-corrected chi connectivity index (χ3v) is 11.1. The highest BCUT2D eigenvalue weighted by molar-refractivity contribution is 8.00. The first kappa shape index (κ1) is 33.9. The lowest BCUT2D eigenvalue weighted by Crippen LogP contribution is -2.71. The first-order valence-electron chi connectivity index (χ1n) is 15.7. The summed E-state index contributed by atoms with van der Waals surface area (Å²) < 4.78 is 0. The van der Waals surface area contributed by atoms with E-state index < -0.39 is 34.7 Å². The van der Waals surface area contributed by atoms with Crippen molar-refractivity contribution in [2.45, 2.75) is 17.0 Å². The molecule has 0 saturated carbocycles. The van der Waals surface area contributed by atoms with Crippen molar-refractivity contribution in [3.8, 4) is 0 Å². The van der Waals surface area contributed by atoms with Crippen LogP contribution in [-0.4, -0.2) is 67.7 Å². The summed E-state index contributed by atoms with van der Waals surface area (Å²) in [5.41, 5.74) is 4.97. The highest BCUT2D eigenvalue weighted by Crippen LogP contribution is 2.42. The van der Waals surface area contributed by atoms with E-state index in [9.17, 15) is 19.5 Å². The Balaban J connectivity index is 1.15. The van der Waals surface area contributed by atoms with E-state index in [2.05, 4.69) is 57.2 Å². The normalized spacial score (nSPS) is 17.5. The summed E-state index contributed by atoms with van der Waals surface area (Å²) in [6.45, 7) is 0. The molecule has 4 heterocycles. The Labute approximate surface area is 305 Å². The van der Waals surface area contributed by atoms with Crippen LogP contribution in [-0.2, 0) is 24.8 Å². The molecule has 0 radical (unpaired) electrons. The third kappa shape index (κ3) is 6.56. The van der Waals surface area contributed by atoms with Crippen LogP contribution < -0.4 is 10.6 Å². The third-order valence-electron chi connectivity index (χ3n) is 8.45. The summed E-state index contributed by atoms with van der Waals surface area (Å²) >= 11 is 4.09. The quantitative estimate of drug-likeness (QED) is 0.0626. The summed E-state index contributed by atoms with van der Waals surface area (Å²) in [6.07, 6.45) is 3.38. The number of benzene rings is 3. The van der Waals surface area contributed by atoms with Crippen molar-refractivity contribution in [1.82, 2.24) is 20.2 Å². The molecule has 0 aliphatic carbocycles. The maximum atomic E-state index is 13.7. The molecule has 0 bridgehead atoms. The number of aliphatic carboxylic acids is 1. The number of anilines is 1. The number of nitrogens with zero attached hydrogens (tertiary/aromatic N) is 4. The minimum absolute atomic E-state index is 0.111. The number of carboxylic acids is 1. The second-order valence-corrected chi connectivity index (χ2v) is 14.1. The first-order valence-corrected chi connectivity index (χ1v) is 18.6. The van der Waals surface area contributed by atoms with Crippen molar-refractivity contribution in [2.75, 3.05) is 18.2 Å². The Morgan fingerprint density at radius 2 is 1.59 bits per heavy atom. The Morgan fingerprint density at radius 1 is 0.961 bits per heavy atom. The van der Waals surface area contributed by atoms with E-state index in [4.69, 9.17) is 9.82 Å². The average Bonchev–Trinajstić information content (AvgIpc) is 3.87. The monoisotopic (exact) mass is 734 g/mol. The number of rotatable bonds is 12. The van der Waals surface area contributed by atoms with E-state index in [1.807, 2.05) is 60.0 Å². The fourth-order valence-corrected chi connectivity index (χ4v) is 8.74. The Kier molecular flexibility index (Phi) is 9.79. The number of allylic oxidation sites excluding steroid dienone is 1. The fraction of sp³-hybridized carbons (Fsp3) is 0.135. The van der Waals surface area contributed by atoms with Gasteiger partial charge in [0.2, 0.25) is 0 Å². The zero-order valence-electron chi connectivity index (χ0n) is 27.0. The Hall–Kier alpha value is -5.57. The smallest absolute Gasteiger partial charge is 0.352 e. The minimum atomic E-state index is -1.22. The molecule has 256 valence electrons. The highest BCUT2D eigenvalue weighted by atomic mass is 32.2. The van der Waals surface area contributed by atoms with Crippen LogP contribution in [0.25, 0.3) is 6.08 Å². The molecule has 2 aliphatic heterocycles. The predicted octanol–water partition coefficient (Wildman–Crippen LogP) is 5.81. The van der Waals surface area contributed by atoms with E-state index >= 15 is 0 Å². The number of aromatic nitrogens is 2. The van der Waals surface area contributed by atoms with Crippen LogP contribution in [0.15, 0.2) is 130 Å². The Morgan fingerprint density at radius 3 is 2.14 bits per heavy atom. The lowest BCUT2D eigenvalue weighted by molar-refractivity contribution is -0.150. The van der Waals surface area contributed by atoms with Gasteiger partial charge < -0.3 is 20.6 Å². The average molecular weight is 735 g/mol. The largest absolute Gasteiger partial charge is 0.477 e. The van der Waals surface area contributed by atoms with Crippen molar-refractivity contribution >= 4 is 69.1 Å². The van der Waals surface area contributed by atoms with E-state index in [1.165, 1.54) is 46.4 Å². The van der Waals surface area contributed by atoms with E-state index in [-0.39, 0.29) is 17.1 Å². The molecule has 7 rings (SSSR count). The van der Waals surface area contributed by atoms with Gasteiger partial charge in [0.15, 0.2) is 10.8 Å². The highest BCUT2D eigenvalue weighted by Gasteiger charge is 2.54. The van der Waals surface area contributed by atoms with Crippen LogP contribution in [0.4, 0.5) is 5.13 Å². The van der Waals surface area contributed by atoms with Gasteiger partial charge in [0.25, 0.3) is 11.8 Å². The van der Waals surface area contributed by atoms with Gasteiger partial charge in [-0.25, -0.2) is 14.8 Å². The summed E-state index contributed by atoms with van der Waals surface area (Å²) in [5.74, 6) is -2.11.